The standard InChI is InChI=1S/C10H10BrN5O2/c11-9-5-14(13-10(9)16(17)18)4-8-3-12-6-15(8)7-1-2-7/h3,5-7H,1-2,4H2. The second kappa shape index (κ2) is 4.20. The van der Waals surface area contributed by atoms with Gasteiger partial charge in [0.1, 0.15) is 11.0 Å². The molecule has 7 nitrogen and oxygen atoms in total. The highest BCUT2D eigenvalue weighted by Gasteiger charge is 2.26. The summed E-state index contributed by atoms with van der Waals surface area (Å²) in [5.41, 5.74) is 1.02. The molecular formula is C10H10BrN5O2. The smallest absolute Gasteiger partial charge is 0.358 e. The summed E-state index contributed by atoms with van der Waals surface area (Å²) in [7, 11) is 0. The predicted molar refractivity (Wildman–Crippen MR) is 66.2 cm³/mol. The second-order valence-electron chi connectivity index (χ2n) is 4.28. The predicted octanol–water partition coefficient (Wildman–Crippen LogP) is 2.13. The molecule has 0 atom stereocenters. The highest BCUT2D eigenvalue weighted by atomic mass is 79.9. The quantitative estimate of drug-likeness (QED) is 0.640. The van der Waals surface area contributed by atoms with Crippen LogP contribution in [0.15, 0.2) is 23.2 Å². The van der Waals surface area contributed by atoms with Gasteiger partial charge in [0.15, 0.2) is 0 Å². The van der Waals surface area contributed by atoms with Crippen LogP contribution in [-0.4, -0.2) is 24.3 Å². The molecule has 0 saturated heterocycles. The summed E-state index contributed by atoms with van der Waals surface area (Å²) < 4.78 is 4.06. The van der Waals surface area contributed by atoms with E-state index in [4.69, 9.17) is 0 Å². The first-order valence-corrected chi connectivity index (χ1v) is 6.32. The zero-order chi connectivity index (χ0) is 12.7. The number of imidazole rings is 1. The molecule has 1 fully saturated rings. The van der Waals surface area contributed by atoms with Crippen molar-refractivity contribution < 1.29 is 4.92 Å². The lowest BCUT2D eigenvalue weighted by atomic mass is 10.4. The van der Waals surface area contributed by atoms with Crippen molar-refractivity contribution in [2.75, 3.05) is 0 Å². The molecule has 0 unspecified atom stereocenters. The maximum Gasteiger partial charge on any atom is 0.404 e. The summed E-state index contributed by atoms with van der Waals surface area (Å²) in [6.07, 6.45) is 7.54. The summed E-state index contributed by atoms with van der Waals surface area (Å²) in [4.78, 5) is 14.3. The van der Waals surface area contributed by atoms with Crippen molar-refractivity contribution in [3.05, 3.63) is 39.0 Å². The van der Waals surface area contributed by atoms with Crippen LogP contribution >= 0.6 is 15.9 Å². The van der Waals surface area contributed by atoms with Gasteiger partial charge in [-0.3, -0.25) is 0 Å². The molecule has 0 aromatic carbocycles. The SMILES string of the molecule is O=[N+]([O-])c1nn(Cc2cncn2C2CC2)cc1Br. The van der Waals surface area contributed by atoms with Crippen molar-refractivity contribution in [1.29, 1.82) is 0 Å². The number of hydrogen-bond acceptors (Lipinski definition) is 4. The van der Waals surface area contributed by atoms with Crippen molar-refractivity contribution in [2.24, 2.45) is 0 Å². The lowest BCUT2D eigenvalue weighted by Crippen LogP contribution is -2.06. The summed E-state index contributed by atoms with van der Waals surface area (Å²) >= 11 is 3.13. The Labute approximate surface area is 111 Å². The van der Waals surface area contributed by atoms with Crippen LogP contribution in [0.3, 0.4) is 0 Å². The highest BCUT2D eigenvalue weighted by molar-refractivity contribution is 9.10. The van der Waals surface area contributed by atoms with Crippen molar-refractivity contribution >= 4 is 21.7 Å². The van der Waals surface area contributed by atoms with E-state index in [9.17, 15) is 10.1 Å². The molecule has 1 aliphatic carbocycles. The molecule has 1 saturated carbocycles. The van der Waals surface area contributed by atoms with Crippen LogP contribution in [0.5, 0.6) is 0 Å². The minimum atomic E-state index is -0.501. The van der Waals surface area contributed by atoms with E-state index in [0.29, 0.717) is 17.1 Å². The van der Waals surface area contributed by atoms with Gasteiger partial charge < -0.3 is 14.7 Å². The van der Waals surface area contributed by atoms with Crippen molar-refractivity contribution in [2.45, 2.75) is 25.4 Å². The van der Waals surface area contributed by atoms with E-state index in [1.54, 1.807) is 23.4 Å². The fraction of sp³-hybridized carbons (Fsp3) is 0.400. The molecule has 8 heteroatoms. The third-order valence-corrected chi connectivity index (χ3v) is 3.44. The first-order valence-electron chi connectivity index (χ1n) is 5.53. The first-order chi connectivity index (χ1) is 8.65. The largest absolute Gasteiger partial charge is 0.404 e. The lowest BCUT2D eigenvalue weighted by Gasteiger charge is -2.03. The molecule has 2 heterocycles. The number of aromatic nitrogens is 4. The first kappa shape index (κ1) is 11.4. The van der Waals surface area contributed by atoms with E-state index in [2.05, 4.69) is 30.6 Å². The molecular weight excluding hydrogens is 302 g/mol. The Bertz CT molecular complexity index is 601. The molecule has 0 aliphatic heterocycles. The molecule has 0 N–H and O–H groups in total. The van der Waals surface area contributed by atoms with Gasteiger partial charge in [0.2, 0.25) is 0 Å². The Morgan fingerprint density at radius 3 is 2.94 bits per heavy atom. The molecule has 0 radical (unpaired) electrons. The number of nitro groups is 1. The topological polar surface area (TPSA) is 78.8 Å². The number of hydrogen-bond donors (Lipinski definition) is 0. The summed E-state index contributed by atoms with van der Waals surface area (Å²) in [5, 5.41) is 14.6. The fourth-order valence-corrected chi connectivity index (χ4v) is 2.35. The van der Waals surface area contributed by atoms with Crippen LogP contribution in [0.2, 0.25) is 0 Å². The molecule has 1 aliphatic rings. The van der Waals surface area contributed by atoms with Gasteiger partial charge >= 0.3 is 5.82 Å². The molecule has 0 amide bonds. The monoisotopic (exact) mass is 311 g/mol. The average Bonchev–Trinajstić information content (AvgIpc) is 2.95. The van der Waals surface area contributed by atoms with Gasteiger partial charge in [-0.2, -0.15) is 4.68 Å². The molecule has 18 heavy (non-hydrogen) atoms. The van der Waals surface area contributed by atoms with Gasteiger partial charge in [-0.05, 0) is 33.7 Å². The van der Waals surface area contributed by atoms with Gasteiger partial charge in [0.05, 0.1) is 29.5 Å². The van der Waals surface area contributed by atoms with Gasteiger partial charge in [-0.1, -0.05) is 0 Å². The summed E-state index contributed by atoms with van der Waals surface area (Å²) in [6.45, 7) is 0.489. The molecule has 2 aromatic heterocycles. The van der Waals surface area contributed by atoms with Crippen LogP contribution in [0.25, 0.3) is 0 Å². The van der Waals surface area contributed by atoms with Crippen molar-refractivity contribution in [3.8, 4) is 0 Å². The highest BCUT2D eigenvalue weighted by Crippen LogP contribution is 2.35. The van der Waals surface area contributed by atoms with Crippen molar-refractivity contribution in [1.82, 2.24) is 19.3 Å². The fourth-order valence-electron chi connectivity index (χ4n) is 1.89. The Hall–Kier alpha value is -1.70. The Morgan fingerprint density at radius 1 is 1.56 bits per heavy atom. The Kier molecular flexibility index (Phi) is 2.66. The zero-order valence-corrected chi connectivity index (χ0v) is 10.9. The van der Waals surface area contributed by atoms with Crippen LogP contribution in [0, 0.1) is 10.1 Å². The third-order valence-electron chi connectivity index (χ3n) is 2.88. The average molecular weight is 312 g/mol. The zero-order valence-electron chi connectivity index (χ0n) is 9.36. The summed E-state index contributed by atoms with van der Waals surface area (Å²) in [6, 6.07) is 0.538. The van der Waals surface area contributed by atoms with Crippen LogP contribution in [0.1, 0.15) is 24.6 Å². The van der Waals surface area contributed by atoms with E-state index >= 15 is 0 Å². The molecule has 0 spiro atoms. The van der Waals surface area contributed by atoms with Gasteiger partial charge in [0, 0.05) is 6.04 Å². The second-order valence-corrected chi connectivity index (χ2v) is 5.13. The van der Waals surface area contributed by atoms with E-state index < -0.39 is 4.92 Å². The molecule has 3 rings (SSSR count). The Morgan fingerprint density at radius 2 is 2.33 bits per heavy atom. The third kappa shape index (κ3) is 2.03. The summed E-state index contributed by atoms with van der Waals surface area (Å²) in [5.74, 6) is -0.160. The minimum Gasteiger partial charge on any atom is -0.358 e. The molecule has 2 aromatic rings. The van der Waals surface area contributed by atoms with Gasteiger partial charge in [-0.25, -0.2) is 4.98 Å². The van der Waals surface area contributed by atoms with Crippen LogP contribution in [0.4, 0.5) is 5.82 Å². The maximum absolute atomic E-state index is 10.7. The lowest BCUT2D eigenvalue weighted by molar-refractivity contribution is -0.390. The van der Waals surface area contributed by atoms with Crippen LogP contribution in [-0.2, 0) is 6.54 Å². The minimum absolute atomic E-state index is 0.160. The van der Waals surface area contributed by atoms with E-state index in [1.165, 1.54) is 12.8 Å². The molecule has 94 valence electrons. The number of halogens is 1. The van der Waals surface area contributed by atoms with Crippen molar-refractivity contribution in [3.63, 3.8) is 0 Å². The normalized spacial score (nSPS) is 14.9. The number of rotatable bonds is 4. The Balaban J connectivity index is 1.85. The van der Waals surface area contributed by atoms with E-state index in [0.717, 1.165) is 5.69 Å². The van der Waals surface area contributed by atoms with E-state index in [-0.39, 0.29) is 5.82 Å². The maximum atomic E-state index is 10.7. The number of nitrogens with zero attached hydrogens (tertiary/aromatic N) is 5. The van der Waals surface area contributed by atoms with Gasteiger partial charge in [0.25, 0.3) is 0 Å². The van der Waals surface area contributed by atoms with Gasteiger partial charge in [-0.15, -0.1) is 0 Å². The molecule has 0 bridgehead atoms. The van der Waals surface area contributed by atoms with Crippen LogP contribution < -0.4 is 0 Å². The van der Waals surface area contributed by atoms with E-state index in [1.807, 2.05) is 0 Å².